The molecule has 1 saturated carbocycles. The molecule has 5 atom stereocenters. The highest BCUT2D eigenvalue weighted by Crippen LogP contribution is 2.44. The molecule has 0 radical (unpaired) electrons. The van der Waals surface area contributed by atoms with Gasteiger partial charge in [-0.15, -0.1) is 0 Å². The van der Waals surface area contributed by atoms with Gasteiger partial charge in [-0.1, -0.05) is 42.5 Å². The molecule has 3 rings (SSSR count). The van der Waals surface area contributed by atoms with E-state index in [1.807, 2.05) is 13.8 Å². The van der Waals surface area contributed by atoms with Gasteiger partial charge in [0.2, 0.25) is 0 Å². The number of hydrogen-bond acceptors (Lipinski definition) is 4. The molecule has 1 aliphatic carbocycles. The first-order valence-corrected chi connectivity index (χ1v) is 11.7. The summed E-state index contributed by atoms with van der Waals surface area (Å²) in [6.07, 6.45) is 12.8. The van der Waals surface area contributed by atoms with Crippen molar-refractivity contribution in [3.63, 3.8) is 0 Å². The quantitative estimate of drug-likeness (QED) is 0.323. The highest BCUT2D eigenvalue weighted by atomic mass is 16.5. The van der Waals surface area contributed by atoms with E-state index >= 15 is 0 Å². The van der Waals surface area contributed by atoms with Crippen molar-refractivity contribution < 1.29 is 19.4 Å². The van der Waals surface area contributed by atoms with E-state index in [1.165, 1.54) is 5.56 Å². The van der Waals surface area contributed by atoms with Gasteiger partial charge in [0.1, 0.15) is 0 Å². The number of aliphatic hydroxyl groups is 1. The summed E-state index contributed by atoms with van der Waals surface area (Å²) in [5.41, 5.74) is 1.37. The first-order valence-electron chi connectivity index (χ1n) is 11.7. The first kappa shape index (κ1) is 23.0. The fraction of sp³-hybridized carbons (Fsp3) is 0.654. The van der Waals surface area contributed by atoms with Crippen molar-refractivity contribution in [3.8, 4) is 0 Å². The Morgan fingerprint density at radius 1 is 1.23 bits per heavy atom. The van der Waals surface area contributed by atoms with Crippen LogP contribution >= 0.6 is 0 Å². The van der Waals surface area contributed by atoms with Crippen LogP contribution in [0.2, 0.25) is 0 Å². The summed E-state index contributed by atoms with van der Waals surface area (Å²) in [7, 11) is 0. The Kier molecular flexibility index (Phi) is 8.95. The minimum Gasteiger partial charge on any atom is -0.463 e. The maximum Gasteiger partial charge on any atom is 0.306 e. The Labute approximate surface area is 181 Å². The van der Waals surface area contributed by atoms with E-state index in [0.717, 1.165) is 51.4 Å². The van der Waals surface area contributed by atoms with Gasteiger partial charge in [0.25, 0.3) is 0 Å². The zero-order chi connectivity index (χ0) is 21.3. The average molecular weight is 415 g/mol. The van der Waals surface area contributed by atoms with E-state index in [9.17, 15) is 9.90 Å². The van der Waals surface area contributed by atoms with Crippen LogP contribution in [0.1, 0.15) is 70.8 Å². The maximum absolute atomic E-state index is 11.6. The Hall–Kier alpha value is -1.65. The van der Waals surface area contributed by atoms with Crippen LogP contribution in [0.5, 0.6) is 0 Å². The molecule has 0 spiro atoms. The lowest BCUT2D eigenvalue weighted by molar-refractivity contribution is -0.147. The SMILES string of the molecule is CC(C)OC(=O)CCC/C=C\C[C@@H]1[C@H]2CCC(CCc3ccccc3)O[C@@H]2C[C@@H]1O. The van der Waals surface area contributed by atoms with Crippen molar-refractivity contribution in [1.29, 1.82) is 0 Å². The van der Waals surface area contributed by atoms with Crippen molar-refractivity contribution in [1.82, 2.24) is 0 Å². The van der Waals surface area contributed by atoms with Crippen molar-refractivity contribution in [2.45, 2.75) is 96.1 Å². The number of aryl methyl sites for hydroxylation is 1. The third-order valence-electron chi connectivity index (χ3n) is 6.48. The van der Waals surface area contributed by atoms with E-state index in [0.29, 0.717) is 24.4 Å². The minimum absolute atomic E-state index is 0.0412. The molecule has 1 aromatic carbocycles. The Morgan fingerprint density at radius 2 is 2.03 bits per heavy atom. The van der Waals surface area contributed by atoms with Crippen LogP contribution in [-0.4, -0.2) is 35.5 Å². The summed E-state index contributed by atoms with van der Waals surface area (Å²) in [5.74, 6) is 0.652. The fourth-order valence-electron chi connectivity index (χ4n) is 4.97. The molecule has 30 heavy (non-hydrogen) atoms. The lowest BCUT2D eigenvalue weighted by Crippen LogP contribution is -2.34. The van der Waals surface area contributed by atoms with Crippen LogP contribution in [0.4, 0.5) is 0 Å². The van der Waals surface area contributed by atoms with Gasteiger partial charge in [-0.2, -0.15) is 0 Å². The van der Waals surface area contributed by atoms with Crippen LogP contribution in [0, 0.1) is 11.8 Å². The smallest absolute Gasteiger partial charge is 0.306 e. The second kappa shape index (κ2) is 11.7. The van der Waals surface area contributed by atoms with Crippen molar-refractivity contribution >= 4 is 5.97 Å². The van der Waals surface area contributed by atoms with Gasteiger partial charge in [-0.25, -0.2) is 0 Å². The third kappa shape index (κ3) is 6.95. The molecule has 0 aromatic heterocycles. The fourth-order valence-corrected chi connectivity index (χ4v) is 4.97. The summed E-state index contributed by atoms with van der Waals surface area (Å²) >= 11 is 0. The van der Waals surface area contributed by atoms with E-state index in [2.05, 4.69) is 42.5 Å². The molecule has 166 valence electrons. The number of allylic oxidation sites excluding steroid dienone is 2. The van der Waals surface area contributed by atoms with E-state index in [4.69, 9.17) is 9.47 Å². The molecule has 1 heterocycles. The molecule has 4 nitrogen and oxygen atoms in total. The molecule has 1 N–H and O–H groups in total. The highest BCUT2D eigenvalue weighted by Gasteiger charge is 2.45. The lowest BCUT2D eigenvalue weighted by atomic mass is 9.83. The van der Waals surface area contributed by atoms with Crippen LogP contribution in [0.15, 0.2) is 42.5 Å². The second-order valence-corrected chi connectivity index (χ2v) is 9.17. The summed E-state index contributed by atoms with van der Waals surface area (Å²) in [6.45, 7) is 3.75. The number of fused-ring (bicyclic) bond motifs is 1. The van der Waals surface area contributed by atoms with Gasteiger partial charge < -0.3 is 14.6 Å². The van der Waals surface area contributed by atoms with Crippen molar-refractivity contribution in [3.05, 3.63) is 48.0 Å². The summed E-state index contributed by atoms with van der Waals surface area (Å²) < 4.78 is 11.6. The number of esters is 1. The molecule has 1 aliphatic heterocycles. The topological polar surface area (TPSA) is 55.8 Å². The predicted octanol–water partition coefficient (Wildman–Crippen LogP) is 5.23. The Bertz CT molecular complexity index is 669. The molecule has 1 unspecified atom stereocenters. The van der Waals surface area contributed by atoms with Gasteiger partial charge in [0.05, 0.1) is 24.4 Å². The van der Waals surface area contributed by atoms with Gasteiger partial charge in [-0.05, 0) is 76.2 Å². The number of ether oxygens (including phenoxy) is 2. The zero-order valence-corrected chi connectivity index (χ0v) is 18.5. The molecule has 0 amide bonds. The highest BCUT2D eigenvalue weighted by molar-refractivity contribution is 5.69. The van der Waals surface area contributed by atoms with Crippen molar-refractivity contribution in [2.24, 2.45) is 11.8 Å². The van der Waals surface area contributed by atoms with Gasteiger partial charge in [0.15, 0.2) is 0 Å². The monoisotopic (exact) mass is 414 g/mol. The standard InChI is InChI=1S/C26H38O4/c1-19(2)29-26(28)13-9-4-3-8-12-22-23-17-16-21(30-25(23)18-24(22)27)15-14-20-10-6-5-7-11-20/h3,5-8,10-11,19,21-25,27H,4,9,12-18H2,1-2H3/b8-3-/t21?,22-,23-,24+,25-/m1/s1. The van der Waals surface area contributed by atoms with E-state index in [1.54, 1.807) is 0 Å². The van der Waals surface area contributed by atoms with E-state index in [-0.39, 0.29) is 24.3 Å². The van der Waals surface area contributed by atoms with Crippen LogP contribution in [0.25, 0.3) is 0 Å². The number of benzene rings is 1. The molecule has 0 bridgehead atoms. The zero-order valence-electron chi connectivity index (χ0n) is 18.5. The van der Waals surface area contributed by atoms with Gasteiger partial charge in [0, 0.05) is 12.8 Å². The largest absolute Gasteiger partial charge is 0.463 e. The number of carbonyl (C=O) groups is 1. The van der Waals surface area contributed by atoms with E-state index < -0.39 is 0 Å². The maximum atomic E-state index is 11.6. The Balaban J connectivity index is 1.36. The molecule has 1 aromatic rings. The second-order valence-electron chi connectivity index (χ2n) is 9.17. The van der Waals surface area contributed by atoms with Gasteiger partial charge >= 0.3 is 5.97 Å². The summed E-state index contributed by atoms with van der Waals surface area (Å²) in [4.78, 5) is 11.6. The van der Waals surface area contributed by atoms with Crippen molar-refractivity contribution in [2.75, 3.05) is 0 Å². The molecule has 1 saturated heterocycles. The van der Waals surface area contributed by atoms with Gasteiger partial charge in [-0.3, -0.25) is 4.79 Å². The molecular weight excluding hydrogens is 376 g/mol. The predicted molar refractivity (Wildman–Crippen MR) is 119 cm³/mol. The van der Waals surface area contributed by atoms with Crippen LogP contribution in [-0.2, 0) is 20.7 Å². The number of hydrogen-bond donors (Lipinski definition) is 1. The average Bonchev–Trinajstić information content (AvgIpc) is 3.03. The van der Waals surface area contributed by atoms with Crippen LogP contribution in [0.3, 0.4) is 0 Å². The number of rotatable bonds is 10. The number of aliphatic hydroxyl groups excluding tert-OH is 1. The number of carbonyl (C=O) groups excluding carboxylic acids is 1. The Morgan fingerprint density at radius 3 is 2.80 bits per heavy atom. The van der Waals surface area contributed by atoms with Crippen LogP contribution < -0.4 is 0 Å². The number of unbranched alkanes of at least 4 members (excludes halogenated alkanes) is 1. The molecule has 4 heteroatoms. The minimum atomic E-state index is -0.265. The summed E-state index contributed by atoms with van der Waals surface area (Å²) in [6, 6.07) is 10.6. The third-order valence-corrected chi connectivity index (χ3v) is 6.48. The molecule has 2 fully saturated rings. The first-order chi connectivity index (χ1) is 14.5. The molecule has 2 aliphatic rings. The lowest BCUT2D eigenvalue weighted by Gasteiger charge is -2.34. The molecular formula is C26H38O4. The normalized spacial score (nSPS) is 28.7. The summed E-state index contributed by atoms with van der Waals surface area (Å²) in [5, 5.41) is 10.6.